The SMILES string of the molecule is COc1ccc(C2C(C)NNC2N)c(C)n1. The van der Waals surface area contributed by atoms with Crippen LogP contribution in [0, 0.1) is 6.92 Å². The molecule has 0 aliphatic carbocycles. The molecule has 4 N–H and O–H groups in total. The quantitative estimate of drug-likeness (QED) is 0.669. The van der Waals surface area contributed by atoms with Crippen molar-refractivity contribution in [3.05, 3.63) is 23.4 Å². The van der Waals surface area contributed by atoms with Gasteiger partial charge in [0.05, 0.1) is 13.3 Å². The van der Waals surface area contributed by atoms with Gasteiger partial charge in [0.15, 0.2) is 0 Å². The standard InChI is InChI=1S/C11H18N4O/c1-6-8(4-5-9(13-6)16-3)10-7(2)14-15-11(10)12/h4-5,7,10-11,14-15H,12H2,1-3H3. The van der Waals surface area contributed by atoms with Gasteiger partial charge in [-0.25, -0.2) is 10.4 Å². The second-order valence-corrected chi connectivity index (χ2v) is 4.16. The number of nitrogens with two attached hydrogens (primary N) is 1. The van der Waals surface area contributed by atoms with Crippen LogP contribution < -0.4 is 21.3 Å². The number of hydrazine groups is 1. The molecule has 1 fully saturated rings. The molecule has 16 heavy (non-hydrogen) atoms. The van der Waals surface area contributed by atoms with Crippen LogP contribution in [0.2, 0.25) is 0 Å². The smallest absolute Gasteiger partial charge is 0.213 e. The first kappa shape index (κ1) is 11.3. The summed E-state index contributed by atoms with van der Waals surface area (Å²) in [6.45, 7) is 4.09. The van der Waals surface area contributed by atoms with Gasteiger partial charge in [-0.05, 0) is 19.4 Å². The number of rotatable bonds is 2. The van der Waals surface area contributed by atoms with E-state index >= 15 is 0 Å². The molecule has 0 aromatic carbocycles. The Morgan fingerprint density at radius 2 is 2.12 bits per heavy atom. The fraction of sp³-hybridized carbons (Fsp3) is 0.545. The van der Waals surface area contributed by atoms with Gasteiger partial charge in [0.2, 0.25) is 5.88 Å². The van der Waals surface area contributed by atoms with Gasteiger partial charge in [-0.1, -0.05) is 6.07 Å². The Labute approximate surface area is 95.4 Å². The summed E-state index contributed by atoms with van der Waals surface area (Å²) in [5, 5.41) is 0. The number of nitrogens with zero attached hydrogens (tertiary/aromatic N) is 1. The molecule has 3 atom stereocenters. The van der Waals surface area contributed by atoms with Crippen molar-refractivity contribution in [1.29, 1.82) is 0 Å². The minimum absolute atomic E-state index is 0.0797. The van der Waals surface area contributed by atoms with Crippen LogP contribution in [0.5, 0.6) is 5.88 Å². The maximum Gasteiger partial charge on any atom is 0.213 e. The van der Waals surface area contributed by atoms with Crippen molar-refractivity contribution in [3.8, 4) is 5.88 Å². The Morgan fingerprint density at radius 3 is 2.62 bits per heavy atom. The Hall–Kier alpha value is -1.17. The summed E-state index contributed by atoms with van der Waals surface area (Å²) in [6.07, 6.45) is -0.0797. The Kier molecular flexibility index (Phi) is 3.09. The summed E-state index contributed by atoms with van der Waals surface area (Å²) in [5.74, 6) is 0.875. The normalized spacial score (nSPS) is 29.4. The second kappa shape index (κ2) is 4.37. The molecule has 1 aromatic heterocycles. The molecule has 2 rings (SSSR count). The lowest BCUT2D eigenvalue weighted by Gasteiger charge is -2.20. The van der Waals surface area contributed by atoms with Crippen LogP contribution >= 0.6 is 0 Å². The number of ether oxygens (including phenoxy) is 1. The van der Waals surface area contributed by atoms with E-state index in [1.165, 1.54) is 5.56 Å². The molecule has 3 unspecified atom stereocenters. The van der Waals surface area contributed by atoms with Crippen LogP contribution in [-0.2, 0) is 0 Å². The minimum Gasteiger partial charge on any atom is -0.481 e. The molecule has 5 nitrogen and oxygen atoms in total. The van der Waals surface area contributed by atoms with E-state index in [1.54, 1.807) is 7.11 Å². The number of aromatic nitrogens is 1. The summed E-state index contributed by atoms with van der Waals surface area (Å²) in [4.78, 5) is 4.37. The zero-order valence-electron chi connectivity index (χ0n) is 9.82. The molecule has 1 aliphatic rings. The minimum atomic E-state index is -0.0797. The number of nitrogens with one attached hydrogen (secondary N) is 2. The van der Waals surface area contributed by atoms with Gasteiger partial charge in [0, 0.05) is 23.7 Å². The predicted octanol–water partition coefficient (Wildman–Crippen LogP) is 0.263. The zero-order valence-corrected chi connectivity index (χ0v) is 9.82. The lowest BCUT2D eigenvalue weighted by atomic mass is 9.91. The van der Waals surface area contributed by atoms with Crippen LogP contribution in [0.4, 0.5) is 0 Å². The first-order valence-corrected chi connectivity index (χ1v) is 5.41. The maximum absolute atomic E-state index is 6.01. The van der Waals surface area contributed by atoms with Gasteiger partial charge in [-0.3, -0.25) is 5.43 Å². The second-order valence-electron chi connectivity index (χ2n) is 4.16. The molecule has 2 heterocycles. The molecule has 1 aliphatic heterocycles. The molecular weight excluding hydrogens is 204 g/mol. The van der Waals surface area contributed by atoms with E-state index < -0.39 is 0 Å². The highest BCUT2D eigenvalue weighted by atomic mass is 16.5. The predicted molar refractivity (Wildman–Crippen MR) is 62.0 cm³/mol. The van der Waals surface area contributed by atoms with Crippen molar-refractivity contribution in [1.82, 2.24) is 15.8 Å². The van der Waals surface area contributed by atoms with Crippen LogP contribution in [0.15, 0.2) is 12.1 Å². The number of pyridine rings is 1. The summed E-state index contributed by atoms with van der Waals surface area (Å²) in [6, 6.07) is 4.21. The largest absolute Gasteiger partial charge is 0.481 e. The van der Waals surface area contributed by atoms with Crippen molar-refractivity contribution >= 4 is 0 Å². The third kappa shape index (κ3) is 1.89. The molecule has 0 amide bonds. The van der Waals surface area contributed by atoms with E-state index in [4.69, 9.17) is 10.5 Å². The Balaban J connectivity index is 2.33. The first-order valence-electron chi connectivity index (χ1n) is 5.41. The van der Waals surface area contributed by atoms with Gasteiger partial charge in [0.1, 0.15) is 0 Å². The Bertz CT molecular complexity index is 372. The molecule has 88 valence electrons. The average molecular weight is 222 g/mol. The van der Waals surface area contributed by atoms with Crippen LogP contribution in [-0.4, -0.2) is 24.3 Å². The van der Waals surface area contributed by atoms with Gasteiger partial charge in [-0.15, -0.1) is 0 Å². The highest BCUT2D eigenvalue weighted by Gasteiger charge is 2.32. The fourth-order valence-corrected chi connectivity index (χ4v) is 2.20. The fourth-order valence-electron chi connectivity index (χ4n) is 2.20. The number of aryl methyl sites for hydroxylation is 1. The summed E-state index contributed by atoms with van der Waals surface area (Å²) in [7, 11) is 1.62. The molecule has 0 bridgehead atoms. The summed E-state index contributed by atoms with van der Waals surface area (Å²) >= 11 is 0. The monoisotopic (exact) mass is 222 g/mol. The van der Waals surface area contributed by atoms with E-state index in [9.17, 15) is 0 Å². The van der Waals surface area contributed by atoms with Crippen molar-refractivity contribution in [2.24, 2.45) is 5.73 Å². The Morgan fingerprint density at radius 1 is 1.38 bits per heavy atom. The number of hydrogen-bond acceptors (Lipinski definition) is 5. The summed E-state index contributed by atoms with van der Waals surface area (Å²) < 4.78 is 5.09. The maximum atomic E-state index is 6.01. The van der Waals surface area contributed by atoms with Crippen molar-refractivity contribution in [2.45, 2.75) is 32.0 Å². The lowest BCUT2D eigenvalue weighted by molar-refractivity contribution is 0.395. The van der Waals surface area contributed by atoms with Crippen LogP contribution in [0.1, 0.15) is 24.1 Å². The number of hydrogen-bond donors (Lipinski definition) is 3. The lowest BCUT2D eigenvalue weighted by Crippen LogP contribution is -2.38. The van der Waals surface area contributed by atoms with E-state index in [-0.39, 0.29) is 12.1 Å². The number of methoxy groups -OCH3 is 1. The van der Waals surface area contributed by atoms with E-state index in [2.05, 4.69) is 22.8 Å². The summed E-state index contributed by atoms with van der Waals surface area (Å²) in [5.41, 5.74) is 14.3. The average Bonchev–Trinajstić information content (AvgIpc) is 2.59. The molecule has 5 heteroatoms. The third-order valence-electron chi connectivity index (χ3n) is 3.07. The van der Waals surface area contributed by atoms with E-state index in [0.29, 0.717) is 11.9 Å². The molecule has 0 spiro atoms. The van der Waals surface area contributed by atoms with E-state index in [0.717, 1.165) is 5.69 Å². The van der Waals surface area contributed by atoms with Crippen molar-refractivity contribution < 1.29 is 4.74 Å². The van der Waals surface area contributed by atoms with Crippen molar-refractivity contribution in [3.63, 3.8) is 0 Å². The van der Waals surface area contributed by atoms with E-state index in [1.807, 2.05) is 19.1 Å². The van der Waals surface area contributed by atoms with Crippen molar-refractivity contribution in [2.75, 3.05) is 7.11 Å². The third-order valence-corrected chi connectivity index (χ3v) is 3.07. The topological polar surface area (TPSA) is 72.2 Å². The van der Waals surface area contributed by atoms with Gasteiger partial charge in [0.25, 0.3) is 0 Å². The van der Waals surface area contributed by atoms with Crippen LogP contribution in [0.25, 0.3) is 0 Å². The van der Waals surface area contributed by atoms with Gasteiger partial charge < -0.3 is 10.5 Å². The molecule has 0 radical (unpaired) electrons. The van der Waals surface area contributed by atoms with Gasteiger partial charge in [-0.2, -0.15) is 0 Å². The highest BCUT2D eigenvalue weighted by molar-refractivity contribution is 5.31. The zero-order chi connectivity index (χ0) is 11.7. The molecule has 1 saturated heterocycles. The molecule has 0 saturated carbocycles. The highest BCUT2D eigenvalue weighted by Crippen LogP contribution is 2.27. The van der Waals surface area contributed by atoms with Gasteiger partial charge >= 0.3 is 0 Å². The molecular formula is C11H18N4O. The first-order chi connectivity index (χ1) is 7.63. The van der Waals surface area contributed by atoms with Crippen LogP contribution in [0.3, 0.4) is 0 Å². The molecule has 1 aromatic rings.